The van der Waals surface area contributed by atoms with Crippen LogP contribution in [0, 0.1) is 13.8 Å². The first-order valence-electron chi connectivity index (χ1n) is 6.50. The first-order valence-corrected chi connectivity index (χ1v) is 7.30. The Balaban J connectivity index is 2.25. The molecule has 0 fully saturated rings. The van der Waals surface area contributed by atoms with Gasteiger partial charge in [0.1, 0.15) is 5.82 Å². The first-order chi connectivity index (χ1) is 9.13. The summed E-state index contributed by atoms with van der Waals surface area (Å²) in [6.45, 7) is 7.89. The Bertz CT molecular complexity index is 563. The number of aromatic nitrogens is 3. The quantitative estimate of drug-likeness (QED) is 0.915. The summed E-state index contributed by atoms with van der Waals surface area (Å²) in [5.74, 6) is 0.952. The minimum atomic E-state index is 0.734. The summed E-state index contributed by atoms with van der Waals surface area (Å²) in [5, 5.41) is 7.90. The molecule has 0 bridgehead atoms. The second kappa shape index (κ2) is 6.19. The van der Waals surface area contributed by atoms with E-state index in [2.05, 4.69) is 51.2 Å². The van der Waals surface area contributed by atoms with Gasteiger partial charge in [0, 0.05) is 18.3 Å². The number of hydrogen-bond donors (Lipinski definition) is 1. The maximum absolute atomic E-state index is 4.54. The SMILES string of the molecule is CCCNc1ncccc1Cn1nc(C)c(Br)c1C. The van der Waals surface area contributed by atoms with Crippen molar-refractivity contribution < 1.29 is 0 Å². The largest absolute Gasteiger partial charge is 0.370 e. The summed E-state index contributed by atoms with van der Waals surface area (Å²) in [6, 6.07) is 4.06. The van der Waals surface area contributed by atoms with Crippen molar-refractivity contribution in [3.63, 3.8) is 0 Å². The average molecular weight is 323 g/mol. The van der Waals surface area contributed by atoms with Crippen molar-refractivity contribution in [3.8, 4) is 0 Å². The number of halogens is 1. The van der Waals surface area contributed by atoms with Gasteiger partial charge in [0.25, 0.3) is 0 Å². The van der Waals surface area contributed by atoms with Gasteiger partial charge in [0.05, 0.1) is 22.4 Å². The summed E-state index contributed by atoms with van der Waals surface area (Å²) < 4.78 is 3.09. The lowest BCUT2D eigenvalue weighted by Crippen LogP contribution is -2.10. The van der Waals surface area contributed by atoms with E-state index in [1.165, 1.54) is 0 Å². The Morgan fingerprint density at radius 1 is 1.37 bits per heavy atom. The van der Waals surface area contributed by atoms with E-state index in [9.17, 15) is 0 Å². The molecule has 0 aliphatic heterocycles. The molecule has 0 spiro atoms. The molecular formula is C14H19BrN4. The number of nitrogens with one attached hydrogen (secondary N) is 1. The van der Waals surface area contributed by atoms with E-state index in [4.69, 9.17) is 0 Å². The van der Waals surface area contributed by atoms with Crippen molar-refractivity contribution in [1.82, 2.24) is 14.8 Å². The second-order valence-corrected chi connectivity index (χ2v) is 5.37. The zero-order chi connectivity index (χ0) is 13.8. The third-order valence-electron chi connectivity index (χ3n) is 3.05. The molecule has 102 valence electrons. The van der Waals surface area contributed by atoms with Crippen LogP contribution in [0.25, 0.3) is 0 Å². The summed E-state index contributed by atoms with van der Waals surface area (Å²) >= 11 is 3.56. The Kier molecular flexibility index (Phi) is 4.58. The van der Waals surface area contributed by atoms with E-state index in [1.807, 2.05) is 23.9 Å². The minimum Gasteiger partial charge on any atom is -0.370 e. The summed E-state index contributed by atoms with van der Waals surface area (Å²) in [5.41, 5.74) is 3.32. The van der Waals surface area contributed by atoms with Gasteiger partial charge in [-0.05, 0) is 42.3 Å². The number of pyridine rings is 1. The van der Waals surface area contributed by atoms with Crippen LogP contribution in [-0.2, 0) is 6.54 Å². The van der Waals surface area contributed by atoms with Gasteiger partial charge >= 0.3 is 0 Å². The molecule has 2 rings (SSSR count). The lowest BCUT2D eigenvalue weighted by atomic mass is 10.2. The number of anilines is 1. The molecule has 2 aromatic heterocycles. The molecule has 0 atom stereocenters. The van der Waals surface area contributed by atoms with E-state index in [1.54, 1.807) is 0 Å². The fraction of sp³-hybridized carbons (Fsp3) is 0.429. The lowest BCUT2D eigenvalue weighted by Gasteiger charge is -2.11. The highest BCUT2D eigenvalue weighted by Crippen LogP contribution is 2.22. The van der Waals surface area contributed by atoms with Crippen LogP contribution in [0.1, 0.15) is 30.3 Å². The van der Waals surface area contributed by atoms with Crippen molar-refractivity contribution in [2.75, 3.05) is 11.9 Å². The molecule has 0 unspecified atom stereocenters. The molecule has 4 nitrogen and oxygen atoms in total. The van der Waals surface area contributed by atoms with Crippen LogP contribution in [-0.4, -0.2) is 21.3 Å². The molecule has 0 saturated heterocycles. The molecule has 2 heterocycles. The van der Waals surface area contributed by atoms with E-state index < -0.39 is 0 Å². The predicted molar refractivity (Wildman–Crippen MR) is 81.5 cm³/mol. The maximum atomic E-state index is 4.54. The van der Waals surface area contributed by atoms with Crippen molar-refractivity contribution in [3.05, 3.63) is 39.8 Å². The molecule has 19 heavy (non-hydrogen) atoms. The Labute approximate surface area is 122 Å². The van der Waals surface area contributed by atoms with Crippen LogP contribution in [0.15, 0.2) is 22.8 Å². The molecule has 0 aromatic carbocycles. The first kappa shape index (κ1) is 14.1. The van der Waals surface area contributed by atoms with Crippen LogP contribution in [0.2, 0.25) is 0 Å². The van der Waals surface area contributed by atoms with Crippen molar-refractivity contribution in [2.24, 2.45) is 0 Å². The highest BCUT2D eigenvalue weighted by Gasteiger charge is 2.11. The third kappa shape index (κ3) is 3.15. The van der Waals surface area contributed by atoms with Gasteiger partial charge in [-0.15, -0.1) is 0 Å². The number of rotatable bonds is 5. The third-order valence-corrected chi connectivity index (χ3v) is 4.19. The molecule has 2 aromatic rings. The molecule has 0 radical (unpaired) electrons. The van der Waals surface area contributed by atoms with Crippen LogP contribution in [0.3, 0.4) is 0 Å². The van der Waals surface area contributed by atoms with E-state index in [-0.39, 0.29) is 0 Å². The smallest absolute Gasteiger partial charge is 0.131 e. The molecule has 1 N–H and O–H groups in total. The van der Waals surface area contributed by atoms with E-state index >= 15 is 0 Å². The topological polar surface area (TPSA) is 42.7 Å². The summed E-state index contributed by atoms with van der Waals surface area (Å²) in [6.07, 6.45) is 2.90. The second-order valence-electron chi connectivity index (χ2n) is 4.58. The van der Waals surface area contributed by atoms with Crippen molar-refractivity contribution in [1.29, 1.82) is 0 Å². The highest BCUT2D eigenvalue weighted by molar-refractivity contribution is 9.10. The van der Waals surface area contributed by atoms with Crippen LogP contribution in [0.4, 0.5) is 5.82 Å². The van der Waals surface area contributed by atoms with Crippen LogP contribution in [0.5, 0.6) is 0 Å². The van der Waals surface area contributed by atoms with Gasteiger partial charge in [-0.1, -0.05) is 13.0 Å². The fourth-order valence-corrected chi connectivity index (χ4v) is 2.24. The standard InChI is InChI=1S/C14H19BrN4/c1-4-7-16-14-12(6-5-8-17-14)9-19-11(3)13(15)10(2)18-19/h5-6,8H,4,7,9H2,1-3H3,(H,16,17). The van der Waals surface area contributed by atoms with Crippen LogP contribution < -0.4 is 5.32 Å². The molecule has 5 heteroatoms. The van der Waals surface area contributed by atoms with Crippen molar-refractivity contribution in [2.45, 2.75) is 33.7 Å². The van der Waals surface area contributed by atoms with Gasteiger partial charge < -0.3 is 5.32 Å². The number of hydrogen-bond acceptors (Lipinski definition) is 3. The zero-order valence-electron chi connectivity index (χ0n) is 11.6. The van der Waals surface area contributed by atoms with Gasteiger partial charge in [0.15, 0.2) is 0 Å². The Morgan fingerprint density at radius 3 is 2.79 bits per heavy atom. The van der Waals surface area contributed by atoms with E-state index in [0.717, 1.165) is 46.8 Å². The number of aryl methyl sites for hydroxylation is 1. The summed E-state index contributed by atoms with van der Waals surface area (Å²) in [7, 11) is 0. The zero-order valence-corrected chi connectivity index (χ0v) is 13.2. The number of nitrogens with zero attached hydrogens (tertiary/aromatic N) is 3. The molecule has 0 aliphatic carbocycles. The monoisotopic (exact) mass is 322 g/mol. The highest BCUT2D eigenvalue weighted by atomic mass is 79.9. The molecular weight excluding hydrogens is 304 g/mol. The summed E-state index contributed by atoms with van der Waals surface area (Å²) in [4.78, 5) is 4.41. The van der Waals surface area contributed by atoms with Gasteiger partial charge in [-0.2, -0.15) is 5.10 Å². The van der Waals surface area contributed by atoms with E-state index in [0.29, 0.717) is 0 Å². The van der Waals surface area contributed by atoms with Crippen LogP contribution >= 0.6 is 15.9 Å². The lowest BCUT2D eigenvalue weighted by molar-refractivity contribution is 0.657. The van der Waals surface area contributed by atoms with Gasteiger partial charge in [0.2, 0.25) is 0 Å². The average Bonchev–Trinajstić information content (AvgIpc) is 2.65. The van der Waals surface area contributed by atoms with Crippen molar-refractivity contribution >= 4 is 21.7 Å². The minimum absolute atomic E-state index is 0.734. The van der Waals surface area contributed by atoms with Gasteiger partial charge in [-0.3, -0.25) is 4.68 Å². The molecule has 0 amide bonds. The fourth-order valence-electron chi connectivity index (χ4n) is 1.96. The van der Waals surface area contributed by atoms with Gasteiger partial charge in [-0.25, -0.2) is 4.98 Å². The normalized spacial score (nSPS) is 10.7. The Hall–Kier alpha value is -1.36. The predicted octanol–water partition coefficient (Wildman–Crippen LogP) is 3.53. The Morgan fingerprint density at radius 2 is 2.16 bits per heavy atom. The molecule has 0 saturated carbocycles. The maximum Gasteiger partial charge on any atom is 0.131 e. The molecule has 0 aliphatic rings.